The molecule has 3 rings (SSSR count). The maximum atomic E-state index is 12.6. The van der Waals surface area contributed by atoms with Crippen LogP contribution in [-0.4, -0.2) is 42.5 Å². The predicted molar refractivity (Wildman–Crippen MR) is 73.9 cm³/mol. The van der Waals surface area contributed by atoms with Crippen LogP contribution in [0, 0.1) is 0 Å². The summed E-state index contributed by atoms with van der Waals surface area (Å²) in [6.07, 6.45) is 0.0728. The molecule has 0 bridgehead atoms. The number of piperazine rings is 1. The first-order chi connectivity index (χ1) is 9.58. The average molecular weight is 274 g/mol. The highest BCUT2D eigenvalue weighted by Crippen LogP contribution is 2.40. The van der Waals surface area contributed by atoms with Gasteiger partial charge in [-0.2, -0.15) is 0 Å². The number of amides is 2. The zero-order chi connectivity index (χ0) is 14.3. The van der Waals surface area contributed by atoms with Crippen LogP contribution >= 0.6 is 0 Å². The second-order valence-corrected chi connectivity index (χ2v) is 5.41. The Bertz CT molecular complexity index is 570. The molecule has 2 aliphatic heterocycles. The van der Waals surface area contributed by atoms with Crippen molar-refractivity contribution in [3.05, 3.63) is 29.3 Å². The van der Waals surface area contributed by atoms with E-state index >= 15 is 0 Å². The smallest absolute Gasteiger partial charge is 0.258 e. The van der Waals surface area contributed by atoms with Crippen LogP contribution in [0.3, 0.4) is 0 Å². The number of nitrogens with one attached hydrogen (secondary N) is 1. The van der Waals surface area contributed by atoms with Crippen molar-refractivity contribution in [2.45, 2.75) is 25.9 Å². The number of hydrogen-bond donors (Lipinski definition) is 1. The van der Waals surface area contributed by atoms with Crippen LogP contribution in [-0.2, 0) is 4.79 Å². The largest absolute Gasteiger partial charge is 0.489 e. The van der Waals surface area contributed by atoms with Crippen LogP contribution in [0.4, 0.5) is 0 Å². The van der Waals surface area contributed by atoms with Gasteiger partial charge in [0.25, 0.3) is 5.91 Å². The molecule has 2 unspecified atom stereocenters. The van der Waals surface area contributed by atoms with Gasteiger partial charge >= 0.3 is 0 Å². The summed E-state index contributed by atoms with van der Waals surface area (Å²) in [4.78, 5) is 25.6. The second kappa shape index (κ2) is 4.81. The minimum Gasteiger partial charge on any atom is -0.489 e. The third-order valence-corrected chi connectivity index (χ3v) is 4.10. The van der Waals surface area contributed by atoms with E-state index in [0.717, 1.165) is 5.56 Å². The summed E-state index contributed by atoms with van der Waals surface area (Å²) in [6, 6.07) is 5.66. The van der Waals surface area contributed by atoms with Crippen LogP contribution in [0.25, 0.3) is 0 Å². The minimum atomic E-state index is -0.127. The molecule has 1 N–H and O–H groups in total. The summed E-state index contributed by atoms with van der Waals surface area (Å²) in [5.41, 5.74) is 1.64. The van der Waals surface area contributed by atoms with E-state index < -0.39 is 0 Å². The Morgan fingerprint density at radius 2 is 2.20 bits per heavy atom. The van der Waals surface area contributed by atoms with E-state index in [-0.39, 0.29) is 30.4 Å². The van der Waals surface area contributed by atoms with Gasteiger partial charge in [0.15, 0.2) is 0 Å². The monoisotopic (exact) mass is 274 g/mol. The van der Waals surface area contributed by atoms with Gasteiger partial charge < -0.3 is 15.0 Å². The topological polar surface area (TPSA) is 58.6 Å². The molecule has 0 radical (unpaired) electrons. The van der Waals surface area contributed by atoms with Crippen molar-refractivity contribution in [1.29, 1.82) is 0 Å². The summed E-state index contributed by atoms with van der Waals surface area (Å²) in [5, 5.41) is 2.72. The lowest BCUT2D eigenvalue weighted by Crippen LogP contribution is -2.50. The number of benzene rings is 1. The normalized spacial score (nSPS) is 24.9. The Morgan fingerprint density at radius 3 is 2.95 bits per heavy atom. The zero-order valence-electron chi connectivity index (χ0n) is 11.7. The predicted octanol–water partition coefficient (Wildman–Crippen LogP) is 1.14. The van der Waals surface area contributed by atoms with Crippen LogP contribution in [0.1, 0.15) is 35.7 Å². The highest BCUT2D eigenvalue weighted by Gasteiger charge is 2.33. The van der Waals surface area contributed by atoms with Gasteiger partial charge in [-0.05, 0) is 13.0 Å². The Labute approximate surface area is 117 Å². The van der Waals surface area contributed by atoms with E-state index in [1.807, 2.05) is 19.1 Å². The van der Waals surface area contributed by atoms with Crippen LogP contribution in [0.15, 0.2) is 18.2 Å². The molecule has 5 nitrogen and oxygen atoms in total. The fourth-order valence-electron chi connectivity index (χ4n) is 2.74. The Balaban J connectivity index is 1.92. The molecule has 5 heteroatoms. The molecular formula is C15H18N2O3. The van der Waals surface area contributed by atoms with Crippen molar-refractivity contribution in [2.24, 2.45) is 0 Å². The van der Waals surface area contributed by atoms with E-state index in [2.05, 4.69) is 12.2 Å². The summed E-state index contributed by atoms with van der Waals surface area (Å²) in [7, 11) is 0. The molecule has 106 valence electrons. The molecular weight excluding hydrogens is 256 g/mol. The Hall–Kier alpha value is -2.04. The third-order valence-electron chi connectivity index (χ3n) is 4.10. The van der Waals surface area contributed by atoms with Gasteiger partial charge in [0, 0.05) is 24.6 Å². The van der Waals surface area contributed by atoms with Gasteiger partial charge in [0.2, 0.25) is 5.91 Å². The van der Waals surface area contributed by atoms with Crippen LogP contribution in [0.5, 0.6) is 5.75 Å². The molecule has 1 aromatic rings. The molecule has 0 spiro atoms. The molecule has 1 aromatic carbocycles. The lowest BCUT2D eigenvalue weighted by molar-refractivity contribution is -0.123. The lowest BCUT2D eigenvalue weighted by atomic mass is 9.96. The first-order valence-corrected chi connectivity index (χ1v) is 6.93. The van der Waals surface area contributed by atoms with Gasteiger partial charge in [-0.25, -0.2) is 0 Å². The van der Waals surface area contributed by atoms with Crippen molar-refractivity contribution in [2.75, 3.05) is 19.6 Å². The third kappa shape index (κ3) is 2.03. The summed E-state index contributed by atoms with van der Waals surface area (Å²) >= 11 is 0. The van der Waals surface area contributed by atoms with E-state index in [9.17, 15) is 9.59 Å². The number of para-hydroxylation sites is 1. The molecule has 0 aromatic heterocycles. The fourth-order valence-corrected chi connectivity index (χ4v) is 2.74. The quantitative estimate of drug-likeness (QED) is 0.835. The number of carbonyl (C=O) groups is 2. The zero-order valence-corrected chi connectivity index (χ0v) is 11.7. The summed E-state index contributed by atoms with van der Waals surface area (Å²) < 4.78 is 5.84. The molecule has 2 aliphatic rings. The molecule has 1 saturated heterocycles. The molecule has 0 aliphatic carbocycles. The number of carbonyl (C=O) groups excluding carboxylic acids is 2. The number of ether oxygens (including phenoxy) is 1. The minimum absolute atomic E-state index is 0.0728. The summed E-state index contributed by atoms with van der Waals surface area (Å²) in [6.45, 7) is 5.27. The Kier molecular flexibility index (Phi) is 3.12. The van der Waals surface area contributed by atoms with Crippen molar-refractivity contribution < 1.29 is 14.3 Å². The van der Waals surface area contributed by atoms with Crippen molar-refractivity contribution >= 4 is 11.8 Å². The van der Waals surface area contributed by atoms with Gasteiger partial charge in [0.1, 0.15) is 11.9 Å². The van der Waals surface area contributed by atoms with E-state index in [4.69, 9.17) is 4.74 Å². The maximum Gasteiger partial charge on any atom is 0.258 e. The highest BCUT2D eigenvalue weighted by atomic mass is 16.5. The van der Waals surface area contributed by atoms with Crippen molar-refractivity contribution in [3.8, 4) is 5.75 Å². The fraction of sp³-hybridized carbons (Fsp3) is 0.467. The van der Waals surface area contributed by atoms with E-state index in [1.165, 1.54) is 0 Å². The maximum absolute atomic E-state index is 12.6. The molecule has 20 heavy (non-hydrogen) atoms. The molecule has 2 amide bonds. The number of fused-ring (bicyclic) bond motifs is 1. The Morgan fingerprint density at radius 1 is 1.40 bits per heavy atom. The number of hydrogen-bond acceptors (Lipinski definition) is 3. The van der Waals surface area contributed by atoms with Crippen LogP contribution < -0.4 is 10.1 Å². The second-order valence-electron chi connectivity index (χ2n) is 5.41. The number of nitrogens with zero attached hydrogens (tertiary/aromatic N) is 1. The van der Waals surface area contributed by atoms with Crippen molar-refractivity contribution in [1.82, 2.24) is 10.2 Å². The highest BCUT2D eigenvalue weighted by molar-refractivity contribution is 5.99. The van der Waals surface area contributed by atoms with E-state index in [0.29, 0.717) is 24.4 Å². The van der Waals surface area contributed by atoms with Gasteiger partial charge in [-0.3, -0.25) is 9.59 Å². The molecule has 2 atom stereocenters. The molecule has 0 saturated carbocycles. The van der Waals surface area contributed by atoms with Gasteiger partial charge in [-0.1, -0.05) is 19.1 Å². The van der Waals surface area contributed by atoms with Gasteiger partial charge in [0.05, 0.1) is 12.1 Å². The summed E-state index contributed by atoms with van der Waals surface area (Å²) in [5.74, 6) is 0.726. The first kappa shape index (κ1) is 13.0. The number of rotatable bonds is 1. The molecule has 1 fully saturated rings. The van der Waals surface area contributed by atoms with E-state index in [1.54, 1.807) is 11.0 Å². The SMILES string of the molecule is CC1Oc2c(C(=O)N3CCNC(=O)C3)cccc2C1C. The first-order valence-electron chi connectivity index (χ1n) is 6.93. The standard InChI is InChI=1S/C15H18N2O3/c1-9-10(2)20-14-11(9)4-3-5-12(14)15(19)17-7-6-16-13(18)8-17/h3-5,9-10H,6-8H2,1-2H3,(H,16,18). The lowest BCUT2D eigenvalue weighted by Gasteiger charge is -2.27. The molecule has 2 heterocycles. The van der Waals surface area contributed by atoms with Gasteiger partial charge in [-0.15, -0.1) is 0 Å². The average Bonchev–Trinajstić information content (AvgIpc) is 2.74. The van der Waals surface area contributed by atoms with Crippen molar-refractivity contribution in [3.63, 3.8) is 0 Å². The van der Waals surface area contributed by atoms with Crippen LogP contribution in [0.2, 0.25) is 0 Å².